The van der Waals surface area contributed by atoms with Crippen molar-refractivity contribution >= 4 is 11.6 Å². The lowest BCUT2D eigenvalue weighted by atomic mass is 9.84. The van der Waals surface area contributed by atoms with Crippen LogP contribution in [0.5, 0.6) is 0 Å². The first-order valence-electron chi connectivity index (χ1n) is 7.23. The molecule has 0 amide bonds. The molecule has 0 aliphatic heterocycles. The van der Waals surface area contributed by atoms with Crippen LogP contribution in [0.4, 0.5) is 0 Å². The van der Waals surface area contributed by atoms with E-state index in [0.717, 1.165) is 10.9 Å². The molecule has 1 nitrogen and oxygen atoms in total. The molecule has 0 bridgehead atoms. The van der Waals surface area contributed by atoms with Gasteiger partial charge in [-0.25, -0.2) is 0 Å². The second-order valence-corrected chi connectivity index (χ2v) is 5.85. The highest BCUT2D eigenvalue weighted by Crippen LogP contribution is 2.32. The van der Waals surface area contributed by atoms with Crippen LogP contribution in [0.2, 0.25) is 5.02 Å². The topological polar surface area (TPSA) is 12.0 Å². The van der Waals surface area contributed by atoms with E-state index in [4.69, 9.17) is 11.6 Å². The zero-order valence-electron chi connectivity index (χ0n) is 11.3. The Bertz CT molecular complexity index is 358. The largest absolute Gasteiger partial charge is 0.313 e. The van der Waals surface area contributed by atoms with Gasteiger partial charge in [0.2, 0.25) is 0 Å². The summed E-state index contributed by atoms with van der Waals surface area (Å²) in [5, 5.41) is 4.30. The maximum absolute atomic E-state index is 6.28. The van der Waals surface area contributed by atoms with Crippen molar-refractivity contribution in [2.45, 2.75) is 51.0 Å². The van der Waals surface area contributed by atoms with E-state index in [1.54, 1.807) is 0 Å². The first-order chi connectivity index (χ1) is 8.81. The Morgan fingerprint density at radius 1 is 1.22 bits per heavy atom. The van der Waals surface area contributed by atoms with Gasteiger partial charge < -0.3 is 5.32 Å². The molecule has 0 heterocycles. The minimum atomic E-state index is 0.403. The van der Waals surface area contributed by atoms with Crippen molar-refractivity contribution in [3.05, 3.63) is 34.9 Å². The molecule has 1 N–H and O–H groups in total. The van der Waals surface area contributed by atoms with Crippen LogP contribution in [0.25, 0.3) is 0 Å². The molecule has 0 spiro atoms. The van der Waals surface area contributed by atoms with E-state index >= 15 is 0 Å². The summed E-state index contributed by atoms with van der Waals surface area (Å²) < 4.78 is 0. The zero-order valence-corrected chi connectivity index (χ0v) is 12.0. The Balaban J connectivity index is 1.91. The molecule has 1 saturated carbocycles. The second kappa shape index (κ2) is 7.16. The average Bonchev–Trinajstić information content (AvgIpc) is 2.42. The van der Waals surface area contributed by atoms with Crippen molar-refractivity contribution in [1.29, 1.82) is 0 Å². The summed E-state index contributed by atoms with van der Waals surface area (Å²) in [4.78, 5) is 0. The van der Waals surface area contributed by atoms with Crippen LogP contribution in [0.15, 0.2) is 24.3 Å². The molecule has 1 aromatic carbocycles. The summed E-state index contributed by atoms with van der Waals surface area (Å²) in [7, 11) is 2.04. The van der Waals surface area contributed by atoms with Gasteiger partial charge in [0, 0.05) is 11.1 Å². The molecule has 1 aromatic rings. The van der Waals surface area contributed by atoms with Crippen LogP contribution >= 0.6 is 11.6 Å². The summed E-state index contributed by atoms with van der Waals surface area (Å²) in [5.41, 5.74) is 1.25. The van der Waals surface area contributed by atoms with Crippen molar-refractivity contribution in [2.75, 3.05) is 7.05 Å². The van der Waals surface area contributed by atoms with Crippen LogP contribution < -0.4 is 5.32 Å². The highest BCUT2D eigenvalue weighted by Gasteiger charge is 2.17. The third kappa shape index (κ3) is 3.73. The summed E-state index contributed by atoms with van der Waals surface area (Å²) in [6.45, 7) is 0. The highest BCUT2D eigenvalue weighted by molar-refractivity contribution is 6.31. The molecule has 2 rings (SSSR count). The standard InChI is InChI=1S/C16H24ClN/c1-18-16(14-9-5-6-10-15(14)17)12-11-13-7-3-2-4-8-13/h5-6,9-10,13,16,18H,2-4,7-8,11-12H2,1H3. The minimum absolute atomic E-state index is 0.403. The third-order valence-electron chi connectivity index (χ3n) is 4.22. The first-order valence-corrected chi connectivity index (χ1v) is 7.60. The number of halogens is 1. The van der Waals surface area contributed by atoms with E-state index in [0.29, 0.717) is 6.04 Å². The molecule has 0 aromatic heterocycles. The molecule has 1 unspecified atom stereocenters. The SMILES string of the molecule is CNC(CCC1CCCCC1)c1ccccc1Cl. The summed E-state index contributed by atoms with van der Waals surface area (Å²) in [5.74, 6) is 0.942. The zero-order chi connectivity index (χ0) is 12.8. The number of rotatable bonds is 5. The number of hydrogen-bond acceptors (Lipinski definition) is 1. The average molecular weight is 266 g/mol. The first kappa shape index (κ1) is 13.9. The van der Waals surface area contributed by atoms with E-state index in [1.165, 1.54) is 50.5 Å². The van der Waals surface area contributed by atoms with Gasteiger partial charge in [0.05, 0.1) is 0 Å². The Morgan fingerprint density at radius 2 is 1.94 bits per heavy atom. The van der Waals surface area contributed by atoms with Crippen LogP contribution in [0.1, 0.15) is 56.6 Å². The lowest BCUT2D eigenvalue weighted by molar-refractivity contribution is 0.317. The fraction of sp³-hybridized carbons (Fsp3) is 0.625. The van der Waals surface area contributed by atoms with Crippen LogP contribution in [-0.4, -0.2) is 7.05 Å². The van der Waals surface area contributed by atoms with E-state index in [2.05, 4.69) is 17.4 Å². The molecule has 0 radical (unpaired) electrons. The molecule has 100 valence electrons. The van der Waals surface area contributed by atoms with E-state index < -0.39 is 0 Å². The molecule has 1 atom stereocenters. The van der Waals surface area contributed by atoms with Crippen LogP contribution in [0, 0.1) is 5.92 Å². The van der Waals surface area contributed by atoms with Crippen LogP contribution in [-0.2, 0) is 0 Å². The predicted octanol–water partition coefficient (Wildman–Crippen LogP) is 4.96. The fourth-order valence-electron chi connectivity index (χ4n) is 3.09. The van der Waals surface area contributed by atoms with Gasteiger partial charge >= 0.3 is 0 Å². The normalized spacial score (nSPS) is 18.8. The Labute approximate surface area is 116 Å². The third-order valence-corrected chi connectivity index (χ3v) is 4.56. The lowest BCUT2D eigenvalue weighted by Crippen LogP contribution is -2.18. The molecule has 1 fully saturated rings. The van der Waals surface area contributed by atoms with E-state index in [9.17, 15) is 0 Å². The summed E-state index contributed by atoms with van der Waals surface area (Å²) >= 11 is 6.28. The van der Waals surface area contributed by atoms with Crippen molar-refractivity contribution in [3.8, 4) is 0 Å². The molecule has 0 saturated heterocycles. The Hall–Kier alpha value is -0.530. The maximum atomic E-state index is 6.28. The van der Waals surface area contributed by atoms with Crippen LogP contribution in [0.3, 0.4) is 0 Å². The Kier molecular flexibility index (Phi) is 5.52. The Morgan fingerprint density at radius 3 is 2.61 bits per heavy atom. The smallest absolute Gasteiger partial charge is 0.0453 e. The van der Waals surface area contributed by atoms with Gasteiger partial charge in [0.15, 0.2) is 0 Å². The van der Waals surface area contributed by atoms with Crippen molar-refractivity contribution in [1.82, 2.24) is 5.32 Å². The van der Waals surface area contributed by atoms with Crippen molar-refractivity contribution in [3.63, 3.8) is 0 Å². The molecule has 1 aliphatic rings. The van der Waals surface area contributed by atoms with Gasteiger partial charge in [-0.2, -0.15) is 0 Å². The molecule has 2 heteroatoms. The number of benzene rings is 1. The van der Waals surface area contributed by atoms with E-state index in [-0.39, 0.29) is 0 Å². The number of hydrogen-bond donors (Lipinski definition) is 1. The van der Waals surface area contributed by atoms with Gasteiger partial charge in [-0.15, -0.1) is 0 Å². The molecular formula is C16H24ClN. The van der Waals surface area contributed by atoms with Gasteiger partial charge in [-0.05, 0) is 37.4 Å². The lowest BCUT2D eigenvalue weighted by Gasteiger charge is -2.24. The van der Waals surface area contributed by atoms with Gasteiger partial charge in [-0.1, -0.05) is 61.9 Å². The van der Waals surface area contributed by atoms with Gasteiger partial charge in [0.25, 0.3) is 0 Å². The highest BCUT2D eigenvalue weighted by atomic mass is 35.5. The molecular weight excluding hydrogens is 242 g/mol. The second-order valence-electron chi connectivity index (χ2n) is 5.44. The minimum Gasteiger partial charge on any atom is -0.313 e. The molecule has 18 heavy (non-hydrogen) atoms. The fourth-order valence-corrected chi connectivity index (χ4v) is 3.36. The quantitative estimate of drug-likeness (QED) is 0.793. The summed E-state index contributed by atoms with van der Waals surface area (Å²) in [6.07, 6.45) is 9.69. The van der Waals surface area contributed by atoms with Gasteiger partial charge in [-0.3, -0.25) is 0 Å². The van der Waals surface area contributed by atoms with Crippen molar-refractivity contribution in [2.24, 2.45) is 5.92 Å². The maximum Gasteiger partial charge on any atom is 0.0453 e. The monoisotopic (exact) mass is 265 g/mol. The van der Waals surface area contributed by atoms with Crippen molar-refractivity contribution < 1.29 is 0 Å². The molecule has 1 aliphatic carbocycles. The van der Waals surface area contributed by atoms with Gasteiger partial charge in [0.1, 0.15) is 0 Å². The summed E-state index contributed by atoms with van der Waals surface area (Å²) in [6, 6.07) is 8.61. The predicted molar refractivity (Wildman–Crippen MR) is 79.1 cm³/mol. The number of nitrogens with one attached hydrogen (secondary N) is 1. The van der Waals surface area contributed by atoms with E-state index in [1.807, 2.05) is 19.2 Å².